The first kappa shape index (κ1) is 19.1. The molecule has 0 spiro atoms. The van der Waals surface area contributed by atoms with E-state index in [2.05, 4.69) is 64.8 Å². The Labute approximate surface area is 189 Å². The molecule has 0 radical (unpaired) electrons. The third-order valence-corrected chi connectivity index (χ3v) is 6.57. The summed E-state index contributed by atoms with van der Waals surface area (Å²) in [4.78, 5) is 0. The zero-order valence-electron chi connectivity index (χ0n) is 17.3. The van der Waals surface area contributed by atoms with E-state index in [1.165, 1.54) is 16.7 Å². The van der Waals surface area contributed by atoms with Crippen LogP contribution in [0.5, 0.6) is 11.5 Å². The van der Waals surface area contributed by atoms with Crippen LogP contribution in [0.1, 0.15) is 17.0 Å². The van der Waals surface area contributed by atoms with Crippen molar-refractivity contribution in [3.63, 3.8) is 0 Å². The number of ether oxygens (including phenoxy) is 2. The highest BCUT2D eigenvalue weighted by molar-refractivity contribution is 7.99. The number of fused-ring (bicyclic) bond motifs is 2. The molecule has 7 heteroatoms. The van der Waals surface area contributed by atoms with Crippen LogP contribution in [0.4, 0.5) is 0 Å². The number of hydrogen-bond acceptors (Lipinski definition) is 6. The van der Waals surface area contributed by atoms with Gasteiger partial charge >= 0.3 is 0 Å². The lowest BCUT2D eigenvalue weighted by molar-refractivity contribution is 0.174. The molecule has 2 aliphatic heterocycles. The third-order valence-electron chi connectivity index (χ3n) is 5.63. The average Bonchev–Trinajstić information content (AvgIpc) is 3.49. The molecular weight excluding hydrogens is 420 g/mol. The van der Waals surface area contributed by atoms with Crippen molar-refractivity contribution < 1.29 is 9.47 Å². The summed E-state index contributed by atoms with van der Waals surface area (Å²) in [6.07, 6.45) is 1.58. The smallest absolute Gasteiger partial charge is 0.231 e. The van der Waals surface area contributed by atoms with Crippen molar-refractivity contribution >= 4 is 17.5 Å². The Hall–Kier alpha value is -3.58. The number of aryl methyl sites for hydroxylation is 2. The molecule has 2 aliphatic rings. The van der Waals surface area contributed by atoms with Gasteiger partial charge in [0.25, 0.3) is 0 Å². The third kappa shape index (κ3) is 3.65. The Balaban J connectivity index is 1.21. The van der Waals surface area contributed by atoms with Crippen LogP contribution in [0.3, 0.4) is 0 Å². The lowest BCUT2D eigenvalue weighted by atomic mass is 10.0. The van der Waals surface area contributed by atoms with Crippen LogP contribution in [0.25, 0.3) is 11.1 Å². The number of benzene rings is 3. The highest BCUT2D eigenvalue weighted by atomic mass is 32.2. The Morgan fingerprint density at radius 1 is 0.781 bits per heavy atom. The van der Waals surface area contributed by atoms with E-state index in [1.807, 2.05) is 22.9 Å². The summed E-state index contributed by atoms with van der Waals surface area (Å²) in [5, 5.41) is 14.5. The molecule has 0 bridgehead atoms. The minimum Gasteiger partial charge on any atom is -0.454 e. The van der Waals surface area contributed by atoms with Crippen molar-refractivity contribution in [3.05, 3.63) is 89.7 Å². The first-order valence-corrected chi connectivity index (χ1v) is 11.5. The van der Waals surface area contributed by atoms with Crippen molar-refractivity contribution in [1.82, 2.24) is 14.9 Å². The lowest BCUT2D eigenvalue weighted by Gasteiger charge is -2.14. The number of aromatic nitrogens is 3. The summed E-state index contributed by atoms with van der Waals surface area (Å²) < 4.78 is 12.8. The number of thioether (sulfide) groups is 1. The van der Waals surface area contributed by atoms with Gasteiger partial charge < -0.3 is 9.47 Å². The molecule has 0 fully saturated rings. The molecule has 3 aromatic carbocycles. The van der Waals surface area contributed by atoms with Crippen molar-refractivity contribution in [2.24, 2.45) is 5.10 Å². The van der Waals surface area contributed by atoms with Gasteiger partial charge in [-0.1, -0.05) is 72.4 Å². The van der Waals surface area contributed by atoms with E-state index in [0.717, 1.165) is 52.3 Å². The summed E-state index contributed by atoms with van der Waals surface area (Å²) in [6, 6.07) is 25.1. The highest BCUT2D eigenvalue weighted by Crippen LogP contribution is 2.33. The monoisotopic (exact) mass is 440 g/mol. The topological polar surface area (TPSA) is 61.5 Å². The fourth-order valence-electron chi connectivity index (χ4n) is 3.90. The van der Waals surface area contributed by atoms with Gasteiger partial charge in [-0.05, 0) is 40.8 Å². The minimum atomic E-state index is 0.289. The van der Waals surface area contributed by atoms with Crippen LogP contribution < -0.4 is 9.47 Å². The predicted octanol–water partition coefficient (Wildman–Crippen LogP) is 4.82. The summed E-state index contributed by atoms with van der Waals surface area (Å²) in [6.45, 7) is 0.289. The number of nitrogens with zero attached hydrogens (tertiary/aromatic N) is 4. The molecular formula is C25H20N4O2S. The summed E-state index contributed by atoms with van der Waals surface area (Å²) in [5.41, 5.74) is 5.75. The first-order valence-electron chi connectivity index (χ1n) is 10.5. The van der Waals surface area contributed by atoms with E-state index in [4.69, 9.17) is 14.6 Å². The Kier molecular flexibility index (Phi) is 4.88. The van der Waals surface area contributed by atoms with Crippen molar-refractivity contribution in [1.29, 1.82) is 0 Å². The maximum atomic E-state index is 5.49. The van der Waals surface area contributed by atoms with Gasteiger partial charge in [0.05, 0.1) is 5.71 Å². The maximum absolute atomic E-state index is 5.49. The van der Waals surface area contributed by atoms with Crippen LogP contribution in [0.2, 0.25) is 0 Å². The van der Waals surface area contributed by atoms with E-state index in [0.29, 0.717) is 0 Å². The van der Waals surface area contributed by atoms with Gasteiger partial charge in [-0.15, -0.1) is 10.2 Å². The van der Waals surface area contributed by atoms with E-state index in [9.17, 15) is 0 Å². The predicted molar refractivity (Wildman–Crippen MR) is 125 cm³/mol. The summed E-state index contributed by atoms with van der Waals surface area (Å²) in [7, 11) is 0. The minimum absolute atomic E-state index is 0.289. The van der Waals surface area contributed by atoms with Crippen molar-refractivity contribution in [2.75, 3.05) is 12.5 Å². The molecule has 4 aromatic rings. The molecule has 0 N–H and O–H groups in total. The Morgan fingerprint density at radius 2 is 1.56 bits per heavy atom. The molecule has 6 rings (SSSR count). The molecule has 6 nitrogen and oxygen atoms in total. The van der Waals surface area contributed by atoms with Crippen LogP contribution >= 0.6 is 11.8 Å². The average molecular weight is 441 g/mol. The second kappa shape index (κ2) is 8.16. The van der Waals surface area contributed by atoms with E-state index < -0.39 is 0 Å². The molecule has 0 unspecified atom stereocenters. The van der Waals surface area contributed by atoms with E-state index >= 15 is 0 Å². The second-order valence-corrected chi connectivity index (χ2v) is 8.62. The van der Waals surface area contributed by atoms with Gasteiger partial charge in [0.15, 0.2) is 17.3 Å². The van der Waals surface area contributed by atoms with Crippen molar-refractivity contribution in [3.8, 4) is 22.6 Å². The van der Waals surface area contributed by atoms with Gasteiger partial charge in [0, 0.05) is 12.2 Å². The van der Waals surface area contributed by atoms with Gasteiger partial charge in [-0.25, -0.2) is 0 Å². The largest absolute Gasteiger partial charge is 0.454 e. The van der Waals surface area contributed by atoms with E-state index in [-0.39, 0.29) is 6.79 Å². The van der Waals surface area contributed by atoms with Crippen LogP contribution in [0.15, 0.2) is 83.1 Å². The van der Waals surface area contributed by atoms with E-state index in [1.54, 1.807) is 11.8 Å². The standard InChI is InChI=1S/C25H20N4O2S/c1-2-4-18(5-3-1)19-8-10-20(11-9-19)21-15-32-25-27-26-24(29(25)28-21)13-7-17-6-12-22-23(14-17)31-16-30-22/h1-6,8-12,14H,7,13,15-16H2. The zero-order valence-corrected chi connectivity index (χ0v) is 18.1. The molecule has 1 aromatic heterocycles. The highest BCUT2D eigenvalue weighted by Gasteiger charge is 2.20. The lowest BCUT2D eigenvalue weighted by Crippen LogP contribution is -2.15. The Morgan fingerprint density at radius 3 is 2.44 bits per heavy atom. The molecule has 0 atom stereocenters. The summed E-state index contributed by atoms with van der Waals surface area (Å²) >= 11 is 1.67. The molecule has 158 valence electrons. The first-order chi connectivity index (χ1) is 15.8. The van der Waals surface area contributed by atoms with Gasteiger partial charge in [0.2, 0.25) is 11.9 Å². The van der Waals surface area contributed by atoms with Gasteiger partial charge in [-0.3, -0.25) is 0 Å². The van der Waals surface area contributed by atoms with Crippen molar-refractivity contribution in [2.45, 2.75) is 18.0 Å². The maximum Gasteiger partial charge on any atom is 0.231 e. The molecule has 0 aliphatic carbocycles. The van der Waals surface area contributed by atoms with Crippen LogP contribution in [0, 0.1) is 0 Å². The fraction of sp³-hybridized carbons (Fsp3) is 0.160. The summed E-state index contributed by atoms with van der Waals surface area (Å²) in [5.74, 6) is 3.26. The number of hydrogen-bond donors (Lipinski definition) is 0. The number of rotatable bonds is 5. The molecule has 3 heterocycles. The normalized spacial score (nSPS) is 14.2. The SMILES string of the molecule is c1ccc(-c2ccc(C3=Nn4c(CCc5ccc6c(c5)OCO6)nnc4SC3)cc2)cc1. The van der Waals surface area contributed by atoms with Crippen LogP contribution in [-0.2, 0) is 12.8 Å². The Bertz CT molecular complexity index is 1300. The molecule has 32 heavy (non-hydrogen) atoms. The molecule has 0 amide bonds. The molecule has 0 saturated carbocycles. The van der Waals surface area contributed by atoms with Crippen LogP contribution in [-0.4, -0.2) is 33.1 Å². The quantitative estimate of drug-likeness (QED) is 0.445. The zero-order chi connectivity index (χ0) is 21.3. The van der Waals surface area contributed by atoms with Gasteiger partial charge in [-0.2, -0.15) is 9.78 Å². The van der Waals surface area contributed by atoms with Gasteiger partial charge in [0.1, 0.15) is 0 Å². The second-order valence-electron chi connectivity index (χ2n) is 7.68. The fourth-order valence-corrected chi connectivity index (χ4v) is 4.76. The molecule has 0 saturated heterocycles.